The molecule has 4 rings (SSSR count). The number of alkyl halides is 3. The molecule has 0 saturated carbocycles. The molecule has 1 amide bonds. The SMILES string of the molecule is O=C(c1cnn(-c2ncccc2Cl)c1C(F)(F)F)N1CCC(N2CCCCC2)C1. The monoisotopic (exact) mass is 427 g/mol. The van der Waals surface area contributed by atoms with Crippen LogP contribution < -0.4 is 0 Å². The Labute approximate surface area is 171 Å². The van der Waals surface area contributed by atoms with Crippen LogP contribution in [0.25, 0.3) is 5.82 Å². The van der Waals surface area contributed by atoms with Crippen LogP contribution in [0, 0.1) is 0 Å². The van der Waals surface area contributed by atoms with Gasteiger partial charge in [-0.15, -0.1) is 0 Å². The Hall–Kier alpha value is -2.13. The van der Waals surface area contributed by atoms with Crippen LogP contribution in [-0.2, 0) is 6.18 Å². The van der Waals surface area contributed by atoms with Gasteiger partial charge in [-0.2, -0.15) is 18.3 Å². The molecule has 0 radical (unpaired) electrons. The number of hydrogen-bond donors (Lipinski definition) is 0. The summed E-state index contributed by atoms with van der Waals surface area (Å²) in [5.41, 5.74) is -1.62. The Balaban J connectivity index is 1.61. The zero-order chi connectivity index (χ0) is 20.6. The van der Waals surface area contributed by atoms with Gasteiger partial charge in [-0.3, -0.25) is 9.69 Å². The summed E-state index contributed by atoms with van der Waals surface area (Å²) in [5.74, 6) is -0.816. The highest BCUT2D eigenvalue weighted by Crippen LogP contribution is 2.35. The lowest BCUT2D eigenvalue weighted by Crippen LogP contribution is -2.41. The number of piperidine rings is 1. The first-order chi connectivity index (χ1) is 13.9. The average Bonchev–Trinajstić information content (AvgIpc) is 3.36. The van der Waals surface area contributed by atoms with Crippen LogP contribution >= 0.6 is 11.6 Å². The van der Waals surface area contributed by atoms with Crippen molar-refractivity contribution in [3.8, 4) is 5.82 Å². The summed E-state index contributed by atoms with van der Waals surface area (Å²) in [6.45, 7) is 2.84. The maximum Gasteiger partial charge on any atom is 0.434 e. The summed E-state index contributed by atoms with van der Waals surface area (Å²) in [6, 6.07) is 3.14. The van der Waals surface area contributed by atoms with Gasteiger partial charge >= 0.3 is 6.18 Å². The molecule has 10 heteroatoms. The summed E-state index contributed by atoms with van der Waals surface area (Å²) in [7, 11) is 0. The maximum atomic E-state index is 13.9. The molecule has 2 aromatic heterocycles. The molecule has 156 valence electrons. The van der Waals surface area contributed by atoms with Gasteiger partial charge < -0.3 is 4.90 Å². The van der Waals surface area contributed by atoms with Gasteiger partial charge in [0.15, 0.2) is 11.5 Å². The van der Waals surface area contributed by atoms with Gasteiger partial charge in [0.2, 0.25) is 0 Å². The number of pyridine rings is 1. The van der Waals surface area contributed by atoms with E-state index >= 15 is 0 Å². The lowest BCUT2D eigenvalue weighted by molar-refractivity contribution is -0.143. The van der Waals surface area contributed by atoms with Gasteiger partial charge in [-0.25, -0.2) is 9.67 Å². The largest absolute Gasteiger partial charge is 0.434 e. The fraction of sp³-hybridized carbons (Fsp3) is 0.526. The zero-order valence-electron chi connectivity index (χ0n) is 15.7. The molecule has 0 aliphatic carbocycles. The minimum atomic E-state index is -4.78. The summed E-state index contributed by atoms with van der Waals surface area (Å²) < 4.78 is 42.2. The molecule has 0 N–H and O–H groups in total. The molecule has 2 aromatic rings. The Morgan fingerprint density at radius 1 is 1.17 bits per heavy atom. The van der Waals surface area contributed by atoms with Crippen molar-refractivity contribution in [3.05, 3.63) is 40.8 Å². The second-order valence-corrected chi connectivity index (χ2v) is 7.82. The van der Waals surface area contributed by atoms with Crippen LogP contribution in [0.5, 0.6) is 0 Å². The fourth-order valence-electron chi connectivity index (χ4n) is 4.15. The van der Waals surface area contributed by atoms with E-state index in [0.29, 0.717) is 17.8 Å². The Bertz CT molecular complexity index is 894. The number of carbonyl (C=O) groups excluding carboxylic acids is 1. The predicted molar refractivity (Wildman–Crippen MR) is 101 cm³/mol. The highest BCUT2D eigenvalue weighted by atomic mass is 35.5. The fourth-order valence-corrected chi connectivity index (χ4v) is 4.35. The molecular formula is C19H21ClF3N5O. The van der Waals surface area contributed by atoms with E-state index in [-0.39, 0.29) is 16.9 Å². The van der Waals surface area contributed by atoms with Crippen molar-refractivity contribution in [2.75, 3.05) is 26.2 Å². The number of halogens is 4. The molecule has 2 aliphatic rings. The lowest BCUT2D eigenvalue weighted by atomic mass is 10.1. The van der Waals surface area contributed by atoms with Crippen molar-refractivity contribution in [3.63, 3.8) is 0 Å². The number of carbonyl (C=O) groups is 1. The van der Waals surface area contributed by atoms with Gasteiger partial charge in [0.05, 0.1) is 16.8 Å². The first-order valence-corrected chi connectivity index (χ1v) is 10.0. The van der Waals surface area contributed by atoms with Crippen molar-refractivity contribution >= 4 is 17.5 Å². The summed E-state index contributed by atoms with van der Waals surface area (Å²) in [4.78, 5) is 20.7. The first kappa shape index (κ1) is 20.2. The summed E-state index contributed by atoms with van der Waals surface area (Å²) >= 11 is 6.01. The van der Waals surface area contributed by atoms with E-state index in [1.807, 2.05) is 0 Å². The Morgan fingerprint density at radius 2 is 1.93 bits per heavy atom. The van der Waals surface area contributed by atoms with Crippen molar-refractivity contribution in [1.82, 2.24) is 24.6 Å². The van der Waals surface area contributed by atoms with Gasteiger partial charge in [0.1, 0.15) is 0 Å². The number of rotatable bonds is 3. The predicted octanol–water partition coefficient (Wildman–Crippen LogP) is 3.64. The van der Waals surface area contributed by atoms with Crippen molar-refractivity contribution in [1.29, 1.82) is 0 Å². The van der Waals surface area contributed by atoms with Gasteiger partial charge in [0.25, 0.3) is 5.91 Å². The molecule has 2 aliphatic heterocycles. The maximum absolute atomic E-state index is 13.9. The minimum Gasteiger partial charge on any atom is -0.337 e. The van der Waals surface area contributed by atoms with Crippen molar-refractivity contribution < 1.29 is 18.0 Å². The van der Waals surface area contributed by atoms with E-state index in [0.717, 1.165) is 38.5 Å². The van der Waals surface area contributed by atoms with E-state index in [4.69, 9.17) is 11.6 Å². The van der Waals surface area contributed by atoms with E-state index in [1.54, 1.807) is 0 Å². The van der Waals surface area contributed by atoms with E-state index < -0.39 is 23.3 Å². The van der Waals surface area contributed by atoms with Gasteiger partial charge in [0, 0.05) is 25.3 Å². The lowest BCUT2D eigenvalue weighted by Gasteiger charge is -2.32. The minimum absolute atomic E-state index is 0.0198. The molecular weight excluding hydrogens is 407 g/mol. The number of hydrogen-bond acceptors (Lipinski definition) is 4. The van der Waals surface area contributed by atoms with Crippen molar-refractivity contribution in [2.24, 2.45) is 0 Å². The summed E-state index contributed by atoms with van der Waals surface area (Å²) in [6.07, 6.45) is 1.73. The second-order valence-electron chi connectivity index (χ2n) is 7.42. The zero-order valence-corrected chi connectivity index (χ0v) is 16.5. The number of likely N-dealkylation sites (tertiary alicyclic amines) is 2. The number of aromatic nitrogens is 3. The van der Waals surface area contributed by atoms with Gasteiger partial charge in [-0.1, -0.05) is 18.0 Å². The molecule has 0 aromatic carbocycles. The molecule has 1 unspecified atom stereocenters. The molecule has 6 nitrogen and oxygen atoms in total. The molecule has 1 atom stereocenters. The third-order valence-electron chi connectivity index (χ3n) is 5.57. The number of nitrogens with zero attached hydrogens (tertiary/aromatic N) is 5. The molecule has 2 saturated heterocycles. The molecule has 2 fully saturated rings. The smallest absolute Gasteiger partial charge is 0.337 e. The van der Waals surface area contributed by atoms with Crippen LogP contribution in [0.2, 0.25) is 5.02 Å². The topological polar surface area (TPSA) is 54.3 Å². The van der Waals surface area contributed by atoms with Gasteiger partial charge in [-0.05, 0) is 44.5 Å². The normalized spacial score (nSPS) is 21.0. The van der Waals surface area contributed by atoms with Crippen LogP contribution in [0.15, 0.2) is 24.5 Å². The standard InChI is InChI=1S/C19H21ClF3N5O/c20-15-5-4-7-24-17(15)28-16(19(21,22)23)14(11-25-28)18(29)27-10-6-13(12-27)26-8-2-1-3-9-26/h4-5,7,11,13H,1-3,6,8-10,12H2. The Morgan fingerprint density at radius 3 is 2.62 bits per heavy atom. The van der Waals surface area contributed by atoms with Crippen molar-refractivity contribution in [2.45, 2.75) is 37.9 Å². The molecule has 0 spiro atoms. The molecule has 4 heterocycles. The third-order valence-corrected chi connectivity index (χ3v) is 5.86. The van der Waals surface area contributed by atoms with Crippen LogP contribution in [-0.4, -0.2) is 62.7 Å². The second kappa shape index (κ2) is 7.95. The van der Waals surface area contributed by atoms with E-state index in [1.165, 1.54) is 29.7 Å². The highest BCUT2D eigenvalue weighted by molar-refractivity contribution is 6.32. The van der Waals surface area contributed by atoms with E-state index in [9.17, 15) is 18.0 Å². The summed E-state index contributed by atoms with van der Waals surface area (Å²) in [5, 5.41) is 3.83. The van der Waals surface area contributed by atoms with E-state index in [2.05, 4.69) is 15.0 Å². The first-order valence-electron chi connectivity index (χ1n) is 9.65. The third kappa shape index (κ3) is 3.98. The molecule has 0 bridgehead atoms. The Kier molecular flexibility index (Phi) is 5.52. The average molecular weight is 428 g/mol. The number of amides is 1. The highest BCUT2D eigenvalue weighted by Gasteiger charge is 2.43. The van der Waals surface area contributed by atoms with Crippen LogP contribution in [0.1, 0.15) is 41.7 Å². The van der Waals surface area contributed by atoms with Crippen LogP contribution in [0.3, 0.4) is 0 Å². The molecule has 29 heavy (non-hydrogen) atoms. The quantitative estimate of drug-likeness (QED) is 0.750. The van der Waals surface area contributed by atoms with Crippen LogP contribution in [0.4, 0.5) is 13.2 Å².